The number of rotatable bonds is 8. The predicted octanol–water partition coefficient (Wildman–Crippen LogP) is 2.88. The van der Waals surface area contributed by atoms with Gasteiger partial charge >= 0.3 is 0 Å². The summed E-state index contributed by atoms with van der Waals surface area (Å²) >= 11 is 0. The summed E-state index contributed by atoms with van der Waals surface area (Å²) < 4.78 is 38.6. The molecule has 0 saturated heterocycles. The van der Waals surface area contributed by atoms with Crippen LogP contribution in [0.4, 0.5) is 0 Å². The van der Waals surface area contributed by atoms with Gasteiger partial charge in [0.15, 0.2) is 0 Å². The van der Waals surface area contributed by atoms with Gasteiger partial charge in [-0.15, -0.1) is 0 Å². The Bertz CT molecular complexity index is 924. The molecule has 0 saturated carbocycles. The molecule has 2 N–H and O–H groups in total. The van der Waals surface area contributed by atoms with E-state index >= 15 is 0 Å². The number of amides is 1. The van der Waals surface area contributed by atoms with Crippen LogP contribution < -0.4 is 19.5 Å². The van der Waals surface area contributed by atoms with Crippen LogP contribution in [0.3, 0.4) is 0 Å². The second kappa shape index (κ2) is 9.07. The molecule has 0 aliphatic carbocycles. The van der Waals surface area contributed by atoms with E-state index in [0.29, 0.717) is 11.5 Å². The molecule has 1 amide bonds. The molecule has 0 spiro atoms. The van der Waals surface area contributed by atoms with Crippen molar-refractivity contribution in [1.29, 1.82) is 0 Å². The van der Waals surface area contributed by atoms with Gasteiger partial charge in [-0.05, 0) is 56.7 Å². The van der Waals surface area contributed by atoms with E-state index in [1.54, 1.807) is 38.3 Å². The smallest absolute Gasteiger partial charge is 0.255 e. The molecular formula is C20H26N2O5S. The summed E-state index contributed by atoms with van der Waals surface area (Å²) in [6.07, 6.45) is 0. The molecule has 1 atom stereocenters. The van der Waals surface area contributed by atoms with Crippen molar-refractivity contribution in [1.82, 2.24) is 10.0 Å². The molecule has 0 aromatic heterocycles. The summed E-state index contributed by atoms with van der Waals surface area (Å²) in [6, 6.07) is 10.8. The fourth-order valence-corrected chi connectivity index (χ4v) is 3.89. The minimum absolute atomic E-state index is 0.0115. The van der Waals surface area contributed by atoms with Gasteiger partial charge in [-0.2, -0.15) is 0 Å². The lowest BCUT2D eigenvalue weighted by Gasteiger charge is -2.17. The van der Waals surface area contributed by atoms with E-state index in [0.717, 1.165) is 5.56 Å². The highest BCUT2D eigenvalue weighted by atomic mass is 32.2. The van der Waals surface area contributed by atoms with Gasteiger partial charge in [0.25, 0.3) is 5.91 Å². The summed E-state index contributed by atoms with van der Waals surface area (Å²) in [7, 11) is -0.852. The van der Waals surface area contributed by atoms with E-state index in [2.05, 4.69) is 10.0 Å². The van der Waals surface area contributed by atoms with Gasteiger partial charge in [-0.25, -0.2) is 13.1 Å². The minimum atomic E-state index is -3.85. The van der Waals surface area contributed by atoms with E-state index in [1.165, 1.54) is 25.3 Å². The van der Waals surface area contributed by atoms with Gasteiger partial charge in [-0.1, -0.05) is 12.1 Å². The lowest BCUT2D eigenvalue weighted by Crippen LogP contribution is -2.31. The number of sulfonamides is 1. The van der Waals surface area contributed by atoms with Crippen LogP contribution in [-0.2, 0) is 10.0 Å². The molecular weight excluding hydrogens is 380 g/mol. The molecule has 152 valence electrons. The molecule has 8 heteroatoms. The molecule has 0 heterocycles. The third-order valence-corrected chi connectivity index (χ3v) is 5.63. The van der Waals surface area contributed by atoms with Gasteiger partial charge < -0.3 is 14.8 Å². The van der Waals surface area contributed by atoms with Crippen LogP contribution in [-0.4, -0.2) is 34.6 Å². The van der Waals surface area contributed by atoms with Crippen molar-refractivity contribution in [3.63, 3.8) is 0 Å². The van der Waals surface area contributed by atoms with Crippen molar-refractivity contribution in [2.45, 2.75) is 37.8 Å². The Morgan fingerprint density at radius 3 is 2.14 bits per heavy atom. The highest BCUT2D eigenvalue weighted by Crippen LogP contribution is 2.24. The van der Waals surface area contributed by atoms with Crippen molar-refractivity contribution >= 4 is 15.9 Å². The fourth-order valence-electron chi connectivity index (χ4n) is 2.63. The SMILES string of the molecule is COc1ccc([C@@H](C)NS(=O)(=O)c2ccc(OC)c(C(=O)NC(C)C)c2)cc1. The lowest BCUT2D eigenvalue weighted by molar-refractivity contribution is 0.0940. The number of carbonyl (C=O) groups is 1. The number of hydrogen-bond donors (Lipinski definition) is 2. The van der Waals surface area contributed by atoms with E-state index in [4.69, 9.17) is 9.47 Å². The van der Waals surface area contributed by atoms with Crippen LogP contribution in [0, 0.1) is 0 Å². The predicted molar refractivity (Wildman–Crippen MR) is 107 cm³/mol. The molecule has 0 unspecified atom stereocenters. The van der Waals surface area contributed by atoms with E-state index in [1.807, 2.05) is 13.8 Å². The van der Waals surface area contributed by atoms with Gasteiger partial charge in [0, 0.05) is 12.1 Å². The third kappa shape index (κ3) is 5.24. The second-order valence-electron chi connectivity index (χ2n) is 6.61. The molecule has 2 aromatic carbocycles. The highest BCUT2D eigenvalue weighted by molar-refractivity contribution is 7.89. The number of ether oxygens (including phenoxy) is 2. The Kier molecular flexibility index (Phi) is 7.04. The molecule has 0 aliphatic heterocycles. The first kappa shape index (κ1) is 21.7. The van der Waals surface area contributed by atoms with Crippen LogP contribution in [0.15, 0.2) is 47.4 Å². The Hall–Kier alpha value is -2.58. The van der Waals surface area contributed by atoms with Crippen LogP contribution in [0.25, 0.3) is 0 Å². The van der Waals surface area contributed by atoms with Crippen LogP contribution >= 0.6 is 0 Å². The van der Waals surface area contributed by atoms with E-state index in [9.17, 15) is 13.2 Å². The first-order valence-corrected chi connectivity index (χ1v) is 10.3. The molecule has 0 bridgehead atoms. The summed E-state index contributed by atoms with van der Waals surface area (Å²) in [5, 5.41) is 2.74. The molecule has 0 aliphatic rings. The van der Waals surface area contributed by atoms with Crippen LogP contribution in [0.2, 0.25) is 0 Å². The first-order chi connectivity index (χ1) is 13.2. The van der Waals surface area contributed by atoms with Crippen molar-refractivity contribution in [3.8, 4) is 11.5 Å². The summed E-state index contributed by atoms with van der Waals surface area (Å²) in [6.45, 7) is 5.39. The van der Waals surface area contributed by atoms with Crippen molar-refractivity contribution in [3.05, 3.63) is 53.6 Å². The fraction of sp³-hybridized carbons (Fsp3) is 0.350. The summed E-state index contributed by atoms with van der Waals surface area (Å²) in [4.78, 5) is 12.4. The molecule has 0 fully saturated rings. The Morgan fingerprint density at radius 2 is 1.61 bits per heavy atom. The topological polar surface area (TPSA) is 93.7 Å². The number of benzene rings is 2. The number of carbonyl (C=O) groups excluding carboxylic acids is 1. The van der Waals surface area contributed by atoms with Gasteiger partial charge in [0.2, 0.25) is 10.0 Å². The van der Waals surface area contributed by atoms with Crippen LogP contribution in [0.1, 0.15) is 42.7 Å². The van der Waals surface area contributed by atoms with Gasteiger partial charge in [-0.3, -0.25) is 4.79 Å². The average Bonchev–Trinajstić information content (AvgIpc) is 2.66. The highest BCUT2D eigenvalue weighted by Gasteiger charge is 2.22. The number of methoxy groups -OCH3 is 2. The van der Waals surface area contributed by atoms with E-state index in [-0.39, 0.29) is 16.5 Å². The summed E-state index contributed by atoms with van der Waals surface area (Å²) in [5.41, 5.74) is 0.951. The van der Waals surface area contributed by atoms with Crippen molar-refractivity contribution in [2.24, 2.45) is 0 Å². The maximum atomic E-state index is 12.8. The Balaban J connectivity index is 2.29. The van der Waals surface area contributed by atoms with Crippen LogP contribution in [0.5, 0.6) is 11.5 Å². The van der Waals surface area contributed by atoms with Crippen molar-refractivity contribution in [2.75, 3.05) is 14.2 Å². The maximum absolute atomic E-state index is 12.8. The molecule has 7 nitrogen and oxygen atoms in total. The third-order valence-electron chi connectivity index (χ3n) is 4.09. The minimum Gasteiger partial charge on any atom is -0.497 e. The zero-order valence-corrected chi connectivity index (χ0v) is 17.5. The quantitative estimate of drug-likeness (QED) is 0.703. The summed E-state index contributed by atoms with van der Waals surface area (Å²) in [5.74, 6) is 0.599. The number of hydrogen-bond acceptors (Lipinski definition) is 5. The largest absolute Gasteiger partial charge is 0.497 e. The zero-order valence-electron chi connectivity index (χ0n) is 16.6. The first-order valence-electron chi connectivity index (χ1n) is 8.83. The number of nitrogens with one attached hydrogen (secondary N) is 2. The average molecular weight is 407 g/mol. The van der Waals surface area contributed by atoms with Gasteiger partial charge in [0.05, 0.1) is 24.7 Å². The molecule has 2 aromatic rings. The van der Waals surface area contributed by atoms with E-state index < -0.39 is 22.0 Å². The standard InChI is InChI=1S/C20H26N2O5S/c1-13(2)21-20(23)18-12-17(10-11-19(18)27-5)28(24,25)22-14(3)15-6-8-16(26-4)9-7-15/h6-14,22H,1-5H3,(H,21,23)/t14-/m1/s1. The molecule has 28 heavy (non-hydrogen) atoms. The van der Waals surface area contributed by atoms with Crippen molar-refractivity contribution < 1.29 is 22.7 Å². The monoisotopic (exact) mass is 406 g/mol. The van der Waals surface area contributed by atoms with Gasteiger partial charge in [0.1, 0.15) is 11.5 Å². The lowest BCUT2D eigenvalue weighted by atomic mass is 10.1. The Morgan fingerprint density at radius 1 is 0.964 bits per heavy atom. The molecule has 2 rings (SSSR count). The normalized spacial score (nSPS) is 12.5. The second-order valence-corrected chi connectivity index (χ2v) is 8.32. The maximum Gasteiger partial charge on any atom is 0.255 e. The zero-order chi connectivity index (χ0) is 20.9. The molecule has 0 radical (unpaired) electrons. The Labute approximate surface area is 166 Å².